The van der Waals surface area contributed by atoms with Crippen LogP contribution in [0.15, 0.2) is 36.7 Å². The molecule has 0 aliphatic rings. The average Bonchev–Trinajstić information content (AvgIpc) is 2.23. The lowest BCUT2D eigenvalue weighted by Crippen LogP contribution is -1.96. The van der Waals surface area contributed by atoms with Gasteiger partial charge in [-0.1, -0.05) is 18.2 Å². The standard InChI is InChI=1S/C11H8F2N2/c12-9-4-2-1-3-7(9)8-5-15-6-10(13)11(8)14/h1-6H,(H2,14,15). The second-order valence-electron chi connectivity index (χ2n) is 3.06. The Morgan fingerprint density at radius 2 is 1.67 bits per heavy atom. The molecular weight excluding hydrogens is 198 g/mol. The van der Waals surface area contributed by atoms with Gasteiger partial charge in [0.05, 0.1) is 11.9 Å². The van der Waals surface area contributed by atoms with E-state index in [1.54, 1.807) is 12.1 Å². The number of pyridine rings is 1. The third-order valence-electron chi connectivity index (χ3n) is 2.10. The quantitative estimate of drug-likeness (QED) is 0.778. The van der Waals surface area contributed by atoms with Crippen LogP contribution in [0.3, 0.4) is 0 Å². The van der Waals surface area contributed by atoms with Crippen molar-refractivity contribution in [3.63, 3.8) is 0 Å². The molecule has 0 aliphatic heterocycles. The molecule has 0 fully saturated rings. The molecule has 1 aromatic carbocycles. The van der Waals surface area contributed by atoms with E-state index in [1.165, 1.54) is 18.3 Å². The summed E-state index contributed by atoms with van der Waals surface area (Å²) < 4.78 is 26.5. The van der Waals surface area contributed by atoms with Crippen molar-refractivity contribution < 1.29 is 8.78 Å². The van der Waals surface area contributed by atoms with E-state index in [1.807, 2.05) is 0 Å². The minimum Gasteiger partial charge on any atom is -0.396 e. The number of rotatable bonds is 1. The molecule has 2 nitrogen and oxygen atoms in total. The highest BCUT2D eigenvalue weighted by Crippen LogP contribution is 2.28. The van der Waals surface area contributed by atoms with Gasteiger partial charge in [0.25, 0.3) is 0 Å². The summed E-state index contributed by atoms with van der Waals surface area (Å²) in [6.45, 7) is 0. The average molecular weight is 206 g/mol. The molecule has 15 heavy (non-hydrogen) atoms. The number of nitrogens with two attached hydrogens (primary N) is 1. The molecule has 0 saturated heterocycles. The number of aromatic nitrogens is 1. The van der Waals surface area contributed by atoms with Crippen LogP contribution in [-0.2, 0) is 0 Å². The molecule has 76 valence electrons. The van der Waals surface area contributed by atoms with Crippen LogP contribution in [0.1, 0.15) is 0 Å². The zero-order valence-corrected chi connectivity index (χ0v) is 7.74. The highest BCUT2D eigenvalue weighted by Gasteiger charge is 2.10. The predicted molar refractivity (Wildman–Crippen MR) is 54.0 cm³/mol. The molecule has 2 rings (SSSR count). The second kappa shape index (κ2) is 3.65. The fraction of sp³-hybridized carbons (Fsp3) is 0. The number of anilines is 1. The fourth-order valence-electron chi connectivity index (χ4n) is 1.34. The summed E-state index contributed by atoms with van der Waals surface area (Å²) in [6.07, 6.45) is 2.34. The number of nitrogens with zero attached hydrogens (tertiary/aromatic N) is 1. The SMILES string of the molecule is Nc1c(F)cncc1-c1ccccc1F. The molecular formula is C11H8F2N2. The van der Waals surface area contributed by atoms with E-state index in [4.69, 9.17) is 5.73 Å². The van der Waals surface area contributed by atoms with E-state index in [0.29, 0.717) is 0 Å². The van der Waals surface area contributed by atoms with E-state index < -0.39 is 11.6 Å². The molecule has 0 radical (unpaired) electrons. The largest absolute Gasteiger partial charge is 0.396 e. The minimum absolute atomic E-state index is 0.0879. The van der Waals surface area contributed by atoms with E-state index in [-0.39, 0.29) is 16.8 Å². The molecule has 0 bridgehead atoms. The summed E-state index contributed by atoms with van der Waals surface area (Å²) in [6, 6.07) is 6.03. The number of benzene rings is 1. The number of hydrogen-bond donors (Lipinski definition) is 1. The molecule has 4 heteroatoms. The highest BCUT2D eigenvalue weighted by molar-refractivity contribution is 5.75. The summed E-state index contributed by atoms with van der Waals surface area (Å²) in [4.78, 5) is 3.64. The molecule has 0 saturated carbocycles. The maximum atomic E-state index is 13.4. The molecule has 1 aromatic heterocycles. The normalized spacial score (nSPS) is 10.3. The van der Waals surface area contributed by atoms with E-state index >= 15 is 0 Å². The van der Waals surface area contributed by atoms with E-state index in [9.17, 15) is 8.78 Å². The zero-order valence-electron chi connectivity index (χ0n) is 7.74. The Bertz CT molecular complexity index is 498. The van der Waals surface area contributed by atoms with Gasteiger partial charge in [-0.3, -0.25) is 4.98 Å². The van der Waals surface area contributed by atoms with Crippen LogP contribution in [0.25, 0.3) is 11.1 Å². The Morgan fingerprint density at radius 1 is 0.933 bits per heavy atom. The van der Waals surface area contributed by atoms with Crippen LogP contribution < -0.4 is 5.73 Å². The summed E-state index contributed by atoms with van der Waals surface area (Å²) in [5, 5.41) is 0. The van der Waals surface area contributed by atoms with Gasteiger partial charge in [-0.25, -0.2) is 8.78 Å². The fourth-order valence-corrected chi connectivity index (χ4v) is 1.34. The Kier molecular flexibility index (Phi) is 2.33. The van der Waals surface area contributed by atoms with Gasteiger partial charge in [-0.2, -0.15) is 0 Å². The van der Waals surface area contributed by atoms with E-state index in [2.05, 4.69) is 4.98 Å². The van der Waals surface area contributed by atoms with Crippen LogP contribution in [0.2, 0.25) is 0 Å². The van der Waals surface area contributed by atoms with Crippen molar-refractivity contribution >= 4 is 5.69 Å². The molecule has 0 aliphatic carbocycles. The topological polar surface area (TPSA) is 38.9 Å². The molecule has 2 N–H and O–H groups in total. The molecule has 0 atom stereocenters. The van der Waals surface area contributed by atoms with Crippen LogP contribution >= 0.6 is 0 Å². The summed E-state index contributed by atoms with van der Waals surface area (Å²) in [5.74, 6) is -1.09. The van der Waals surface area contributed by atoms with Crippen LogP contribution in [-0.4, -0.2) is 4.98 Å². The Morgan fingerprint density at radius 3 is 2.40 bits per heavy atom. The van der Waals surface area contributed by atoms with Crippen molar-refractivity contribution in [2.45, 2.75) is 0 Å². The number of hydrogen-bond acceptors (Lipinski definition) is 2. The molecule has 0 spiro atoms. The van der Waals surface area contributed by atoms with Gasteiger partial charge in [0, 0.05) is 17.3 Å². The Hall–Kier alpha value is -1.97. The first-order chi connectivity index (χ1) is 7.20. The summed E-state index contributed by atoms with van der Waals surface area (Å²) in [7, 11) is 0. The monoisotopic (exact) mass is 206 g/mol. The van der Waals surface area contributed by atoms with Crippen molar-refractivity contribution in [2.24, 2.45) is 0 Å². The van der Waals surface area contributed by atoms with Crippen molar-refractivity contribution in [1.82, 2.24) is 4.98 Å². The predicted octanol–water partition coefficient (Wildman–Crippen LogP) is 2.61. The molecule has 0 amide bonds. The van der Waals surface area contributed by atoms with Gasteiger partial charge in [-0.05, 0) is 6.07 Å². The van der Waals surface area contributed by atoms with Gasteiger partial charge in [0.15, 0.2) is 5.82 Å². The first-order valence-corrected chi connectivity index (χ1v) is 4.34. The number of nitrogen functional groups attached to an aromatic ring is 1. The number of halogens is 2. The van der Waals surface area contributed by atoms with Gasteiger partial charge >= 0.3 is 0 Å². The Balaban J connectivity index is 2.65. The lowest BCUT2D eigenvalue weighted by Gasteiger charge is -2.06. The lowest BCUT2D eigenvalue weighted by atomic mass is 10.1. The summed E-state index contributed by atoms with van der Waals surface area (Å²) >= 11 is 0. The van der Waals surface area contributed by atoms with Crippen LogP contribution in [0, 0.1) is 11.6 Å². The van der Waals surface area contributed by atoms with Crippen molar-refractivity contribution in [2.75, 3.05) is 5.73 Å². The van der Waals surface area contributed by atoms with Crippen molar-refractivity contribution in [1.29, 1.82) is 0 Å². The first-order valence-electron chi connectivity index (χ1n) is 4.34. The Labute approximate surface area is 85.4 Å². The van der Waals surface area contributed by atoms with Crippen molar-refractivity contribution in [3.05, 3.63) is 48.3 Å². The van der Waals surface area contributed by atoms with Gasteiger partial charge < -0.3 is 5.73 Å². The maximum absolute atomic E-state index is 13.4. The summed E-state index contributed by atoms with van der Waals surface area (Å²) in [5.41, 5.74) is 5.94. The molecule has 0 unspecified atom stereocenters. The third kappa shape index (κ3) is 1.66. The molecule has 2 aromatic rings. The zero-order chi connectivity index (χ0) is 10.8. The second-order valence-corrected chi connectivity index (χ2v) is 3.06. The highest BCUT2D eigenvalue weighted by atomic mass is 19.1. The third-order valence-corrected chi connectivity index (χ3v) is 2.10. The lowest BCUT2D eigenvalue weighted by molar-refractivity contribution is 0.623. The van der Waals surface area contributed by atoms with Crippen molar-refractivity contribution in [3.8, 4) is 11.1 Å². The minimum atomic E-state index is -0.643. The first kappa shape index (κ1) is 9.58. The van der Waals surface area contributed by atoms with Crippen LogP contribution in [0.4, 0.5) is 14.5 Å². The van der Waals surface area contributed by atoms with Gasteiger partial charge in [-0.15, -0.1) is 0 Å². The maximum Gasteiger partial charge on any atom is 0.164 e. The molecule has 1 heterocycles. The van der Waals surface area contributed by atoms with Crippen LogP contribution in [0.5, 0.6) is 0 Å². The van der Waals surface area contributed by atoms with E-state index in [0.717, 1.165) is 6.20 Å². The van der Waals surface area contributed by atoms with Gasteiger partial charge in [0.2, 0.25) is 0 Å². The van der Waals surface area contributed by atoms with Gasteiger partial charge in [0.1, 0.15) is 5.82 Å². The smallest absolute Gasteiger partial charge is 0.164 e.